The van der Waals surface area contributed by atoms with Crippen LogP contribution in [-0.4, -0.2) is 35.1 Å². The molecule has 0 bridgehead atoms. The van der Waals surface area contributed by atoms with E-state index in [1.165, 1.54) is 6.07 Å². The number of rotatable bonds is 5. The highest BCUT2D eigenvalue weighted by Crippen LogP contribution is 2.30. The van der Waals surface area contributed by atoms with Gasteiger partial charge in [-0.1, -0.05) is 36.4 Å². The Hall–Kier alpha value is -4.33. The standard InChI is InChI=1S/C23H18N4O4/c1-25(2)17-10-11-20(27(30)31)21(13-17)26-23(29)19-9-4-3-8-18(19)22(24-26)16-7-5-6-15(12-16)14-28/h3-14H,1-2H3. The van der Waals surface area contributed by atoms with Crippen LogP contribution >= 0.6 is 0 Å². The van der Waals surface area contributed by atoms with E-state index in [4.69, 9.17) is 0 Å². The van der Waals surface area contributed by atoms with E-state index in [0.29, 0.717) is 33.3 Å². The second-order valence-electron chi connectivity index (χ2n) is 7.18. The Bertz CT molecular complexity index is 1390. The van der Waals surface area contributed by atoms with Crippen molar-refractivity contribution in [1.82, 2.24) is 9.78 Å². The molecule has 8 heteroatoms. The van der Waals surface area contributed by atoms with Gasteiger partial charge in [-0.25, -0.2) is 0 Å². The molecule has 154 valence electrons. The minimum Gasteiger partial charge on any atom is -0.378 e. The molecule has 0 atom stereocenters. The fourth-order valence-corrected chi connectivity index (χ4v) is 3.44. The zero-order valence-corrected chi connectivity index (χ0v) is 16.9. The van der Waals surface area contributed by atoms with Crippen LogP contribution in [0.2, 0.25) is 0 Å². The number of aldehydes is 1. The topological polar surface area (TPSA) is 98.3 Å². The van der Waals surface area contributed by atoms with Crippen molar-refractivity contribution in [3.63, 3.8) is 0 Å². The summed E-state index contributed by atoms with van der Waals surface area (Å²) in [5.41, 5.74) is 1.59. The molecule has 0 aliphatic rings. The maximum Gasteiger partial charge on any atom is 0.295 e. The van der Waals surface area contributed by atoms with Crippen molar-refractivity contribution in [2.45, 2.75) is 0 Å². The lowest BCUT2D eigenvalue weighted by Gasteiger charge is -2.16. The lowest BCUT2D eigenvalue weighted by molar-refractivity contribution is -0.384. The van der Waals surface area contributed by atoms with Crippen LogP contribution in [0.1, 0.15) is 10.4 Å². The van der Waals surface area contributed by atoms with E-state index < -0.39 is 10.5 Å². The van der Waals surface area contributed by atoms with E-state index in [9.17, 15) is 19.7 Å². The lowest BCUT2D eigenvalue weighted by Crippen LogP contribution is -2.23. The van der Waals surface area contributed by atoms with Crippen LogP contribution in [0, 0.1) is 10.1 Å². The van der Waals surface area contributed by atoms with Gasteiger partial charge in [0.15, 0.2) is 0 Å². The summed E-state index contributed by atoms with van der Waals surface area (Å²) in [5.74, 6) is 0. The second kappa shape index (κ2) is 7.83. The largest absolute Gasteiger partial charge is 0.378 e. The van der Waals surface area contributed by atoms with Gasteiger partial charge in [0.25, 0.3) is 11.2 Å². The van der Waals surface area contributed by atoms with Gasteiger partial charge in [-0.05, 0) is 24.3 Å². The van der Waals surface area contributed by atoms with Crippen molar-refractivity contribution >= 4 is 28.4 Å². The van der Waals surface area contributed by atoms with Crippen molar-refractivity contribution in [2.75, 3.05) is 19.0 Å². The first-order chi connectivity index (χ1) is 14.9. The summed E-state index contributed by atoms with van der Waals surface area (Å²) in [5, 5.41) is 17.2. The number of anilines is 1. The molecule has 0 N–H and O–H groups in total. The van der Waals surface area contributed by atoms with E-state index in [0.717, 1.165) is 11.0 Å². The summed E-state index contributed by atoms with van der Waals surface area (Å²) in [7, 11) is 3.61. The van der Waals surface area contributed by atoms with Crippen molar-refractivity contribution in [3.8, 4) is 16.9 Å². The number of nitro benzene ring substituents is 1. The van der Waals surface area contributed by atoms with Gasteiger partial charge in [0.2, 0.25) is 0 Å². The van der Waals surface area contributed by atoms with Gasteiger partial charge in [-0.15, -0.1) is 0 Å². The van der Waals surface area contributed by atoms with Gasteiger partial charge in [-0.2, -0.15) is 9.78 Å². The predicted octanol–water partition coefficient (Wildman–Crippen LogP) is 3.84. The SMILES string of the molecule is CN(C)c1ccc([N+](=O)[O-])c(-n2nc(-c3cccc(C=O)c3)c3ccccc3c2=O)c1. The molecule has 0 saturated heterocycles. The normalized spacial score (nSPS) is 10.8. The molecule has 0 amide bonds. The quantitative estimate of drug-likeness (QED) is 0.280. The Kier molecular flexibility index (Phi) is 5.04. The molecular formula is C23H18N4O4. The van der Waals surface area contributed by atoms with Crippen molar-refractivity contribution in [2.24, 2.45) is 0 Å². The Morgan fingerprint density at radius 3 is 2.42 bits per heavy atom. The summed E-state index contributed by atoms with van der Waals surface area (Å²) in [6.45, 7) is 0. The van der Waals surface area contributed by atoms with Crippen LogP contribution in [0.15, 0.2) is 71.5 Å². The fraction of sp³-hybridized carbons (Fsp3) is 0.0870. The molecule has 4 aromatic rings. The third kappa shape index (κ3) is 3.55. The minimum atomic E-state index is -0.537. The first kappa shape index (κ1) is 20.0. The first-order valence-corrected chi connectivity index (χ1v) is 9.44. The van der Waals surface area contributed by atoms with Gasteiger partial charge < -0.3 is 4.90 Å². The molecule has 0 fully saturated rings. The van der Waals surface area contributed by atoms with Crippen molar-refractivity contribution < 1.29 is 9.72 Å². The number of carbonyl (C=O) groups is 1. The van der Waals surface area contributed by atoms with Crippen molar-refractivity contribution in [3.05, 3.63) is 92.8 Å². The first-order valence-electron chi connectivity index (χ1n) is 9.44. The zero-order valence-electron chi connectivity index (χ0n) is 16.9. The molecule has 4 rings (SSSR count). The van der Waals surface area contributed by atoms with Gasteiger partial charge in [0.05, 0.1) is 16.0 Å². The number of benzene rings is 3. The third-order valence-electron chi connectivity index (χ3n) is 5.00. The highest BCUT2D eigenvalue weighted by Gasteiger charge is 2.21. The molecule has 8 nitrogen and oxygen atoms in total. The molecule has 31 heavy (non-hydrogen) atoms. The number of fused-ring (bicyclic) bond motifs is 1. The summed E-state index contributed by atoms with van der Waals surface area (Å²) in [6, 6.07) is 18.3. The van der Waals surface area contributed by atoms with Gasteiger partial charge in [0, 0.05) is 42.4 Å². The number of aromatic nitrogens is 2. The van der Waals surface area contributed by atoms with Crippen molar-refractivity contribution in [1.29, 1.82) is 0 Å². The number of nitro groups is 1. The number of hydrogen-bond donors (Lipinski definition) is 0. The maximum atomic E-state index is 13.3. The van der Waals surface area contributed by atoms with Crippen LogP contribution < -0.4 is 10.5 Å². The number of carbonyl (C=O) groups excluding carboxylic acids is 1. The van der Waals surface area contributed by atoms with E-state index in [-0.39, 0.29) is 11.4 Å². The highest BCUT2D eigenvalue weighted by atomic mass is 16.6. The molecular weight excluding hydrogens is 396 g/mol. The lowest BCUT2D eigenvalue weighted by atomic mass is 10.0. The molecule has 0 aliphatic heterocycles. The number of hydrogen-bond acceptors (Lipinski definition) is 6. The second-order valence-corrected chi connectivity index (χ2v) is 7.18. The van der Waals surface area contributed by atoms with Crippen LogP contribution in [0.25, 0.3) is 27.7 Å². The molecule has 3 aromatic carbocycles. The average molecular weight is 414 g/mol. The Labute approximate surface area is 177 Å². The van der Waals surface area contributed by atoms with Crippen LogP contribution in [0.4, 0.5) is 11.4 Å². The molecule has 1 heterocycles. The summed E-state index contributed by atoms with van der Waals surface area (Å²) in [4.78, 5) is 37.5. The predicted molar refractivity (Wildman–Crippen MR) is 119 cm³/mol. The highest BCUT2D eigenvalue weighted by molar-refractivity contribution is 5.95. The van der Waals surface area contributed by atoms with E-state index in [2.05, 4.69) is 5.10 Å². The fourth-order valence-electron chi connectivity index (χ4n) is 3.44. The monoisotopic (exact) mass is 414 g/mol. The van der Waals surface area contributed by atoms with E-state index >= 15 is 0 Å². The molecule has 0 unspecified atom stereocenters. The molecule has 0 spiro atoms. The zero-order chi connectivity index (χ0) is 22.1. The van der Waals surface area contributed by atoms with Crippen LogP contribution in [-0.2, 0) is 0 Å². The van der Waals surface area contributed by atoms with Crippen LogP contribution in [0.5, 0.6) is 0 Å². The summed E-state index contributed by atoms with van der Waals surface area (Å²) < 4.78 is 1.07. The maximum absolute atomic E-state index is 13.3. The smallest absolute Gasteiger partial charge is 0.295 e. The Morgan fingerprint density at radius 2 is 1.74 bits per heavy atom. The molecule has 0 aliphatic carbocycles. The Balaban J connectivity index is 2.11. The van der Waals surface area contributed by atoms with Gasteiger partial charge >= 0.3 is 0 Å². The summed E-state index contributed by atoms with van der Waals surface area (Å²) in [6.07, 6.45) is 0.729. The van der Waals surface area contributed by atoms with E-state index in [1.54, 1.807) is 79.7 Å². The summed E-state index contributed by atoms with van der Waals surface area (Å²) >= 11 is 0. The Morgan fingerprint density at radius 1 is 1.00 bits per heavy atom. The number of nitrogens with zero attached hydrogens (tertiary/aromatic N) is 4. The minimum absolute atomic E-state index is 0.0692. The molecule has 1 aromatic heterocycles. The van der Waals surface area contributed by atoms with Gasteiger partial charge in [-0.3, -0.25) is 19.7 Å². The van der Waals surface area contributed by atoms with Crippen LogP contribution in [0.3, 0.4) is 0 Å². The van der Waals surface area contributed by atoms with Gasteiger partial charge in [0.1, 0.15) is 12.0 Å². The molecule has 0 radical (unpaired) electrons. The third-order valence-corrected chi connectivity index (χ3v) is 5.00. The average Bonchev–Trinajstić information content (AvgIpc) is 2.79. The molecule has 0 saturated carbocycles. The van der Waals surface area contributed by atoms with E-state index in [1.807, 2.05) is 0 Å².